The number of benzene rings is 2. The van der Waals surface area contributed by atoms with Gasteiger partial charge in [-0.2, -0.15) is 0 Å². The van der Waals surface area contributed by atoms with Crippen molar-refractivity contribution in [3.8, 4) is 0 Å². The van der Waals surface area contributed by atoms with Gasteiger partial charge in [0.25, 0.3) is 0 Å². The van der Waals surface area contributed by atoms with E-state index in [0.717, 1.165) is 11.8 Å². The van der Waals surface area contributed by atoms with Crippen molar-refractivity contribution in [1.82, 2.24) is 10.2 Å². The number of hydrogen-bond donors (Lipinski definition) is 1. The summed E-state index contributed by atoms with van der Waals surface area (Å²) in [4.78, 5) is 27.5. The summed E-state index contributed by atoms with van der Waals surface area (Å²) in [5.41, 5.74) is 1.88. The third-order valence-corrected chi connectivity index (χ3v) is 7.13. The fourth-order valence-corrected chi connectivity index (χ4v) is 4.84. The van der Waals surface area contributed by atoms with Crippen LogP contribution in [-0.2, 0) is 26.2 Å². The summed E-state index contributed by atoms with van der Waals surface area (Å²) in [6.07, 6.45) is 1.36. The van der Waals surface area contributed by atoms with Crippen molar-refractivity contribution in [1.29, 1.82) is 0 Å². The molecule has 0 radical (unpaired) electrons. The van der Waals surface area contributed by atoms with Gasteiger partial charge in [-0.25, -0.2) is 12.8 Å². The molecule has 7 nitrogen and oxygen atoms in total. The number of halogens is 2. The standard InChI is InChI=1S/C26H35ClFN3O4S/c1-18(2)16-29-26(33)20(4)30(17-21-9-12-23(28)13-10-21)25(32)7-6-14-31(36(5,34)35)24-15-22(27)11-8-19(24)3/h8-13,15,18,20H,6-7,14,16-17H2,1-5H3,(H,29,33)/t20-/m0/s1. The predicted molar refractivity (Wildman–Crippen MR) is 142 cm³/mol. The van der Waals surface area contributed by atoms with Crippen molar-refractivity contribution < 1.29 is 22.4 Å². The van der Waals surface area contributed by atoms with E-state index in [-0.39, 0.29) is 43.7 Å². The summed E-state index contributed by atoms with van der Waals surface area (Å²) in [5.74, 6) is -0.731. The first-order chi connectivity index (χ1) is 16.8. The summed E-state index contributed by atoms with van der Waals surface area (Å²) in [7, 11) is -3.62. The Morgan fingerprint density at radius 3 is 2.31 bits per heavy atom. The van der Waals surface area contributed by atoms with Gasteiger partial charge < -0.3 is 10.2 Å². The lowest BCUT2D eigenvalue weighted by Crippen LogP contribution is -2.48. The van der Waals surface area contributed by atoms with E-state index in [4.69, 9.17) is 11.6 Å². The number of rotatable bonds is 12. The van der Waals surface area contributed by atoms with E-state index >= 15 is 0 Å². The Labute approximate surface area is 218 Å². The molecule has 0 heterocycles. The van der Waals surface area contributed by atoms with Crippen LogP contribution in [0.3, 0.4) is 0 Å². The maximum atomic E-state index is 13.4. The first-order valence-electron chi connectivity index (χ1n) is 11.8. The molecule has 1 N–H and O–H groups in total. The van der Waals surface area contributed by atoms with Crippen LogP contribution in [0.25, 0.3) is 0 Å². The van der Waals surface area contributed by atoms with Crippen molar-refractivity contribution >= 4 is 39.1 Å². The minimum atomic E-state index is -3.62. The molecule has 10 heteroatoms. The maximum Gasteiger partial charge on any atom is 0.242 e. The van der Waals surface area contributed by atoms with Gasteiger partial charge in [-0.15, -0.1) is 0 Å². The predicted octanol–water partition coefficient (Wildman–Crippen LogP) is 4.52. The summed E-state index contributed by atoms with van der Waals surface area (Å²) < 4.78 is 39.6. The molecule has 0 fully saturated rings. The summed E-state index contributed by atoms with van der Waals surface area (Å²) in [5, 5.41) is 3.26. The molecule has 0 spiro atoms. The fraction of sp³-hybridized carbons (Fsp3) is 0.462. The van der Waals surface area contributed by atoms with E-state index in [0.29, 0.717) is 22.8 Å². The molecule has 0 saturated carbocycles. The Bertz CT molecular complexity index is 1160. The molecule has 0 aliphatic heterocycles. The topological polar surface area (TPSA) is 86.8 Å². The van der Waals surface area contributed by atoms with Crippen LogP contribution in [0.5, 0.6) is 0 Å². The molecule has 2 aromatic rings. The number of sulfonamides is 1. The second-order valence-corrected chi connectivity index (χ2v) is 11.7. The van der Waals surface area contributed by atoms with Gasteiger partial charge in [0, 0.05) is 31.1 Å². The summed E-state index contributed by atoms with van der Waals surface area (Å²) in [6, 6.07) is 10.00. The number of carbonyl (C=O) groups excluding carboxylic acids is 2. The van der Waals surface area contributed by atoms with Gasteiger partial charge in [0.05, 0.1) is 11.9 Å². The normalized spacial score (nSPS) is 12.3. The van der Waals surface area contributed by atoms with Crippen LogP contribution in [-0.4, -0.2) is 50.5 Å². The molecule has 198 valence electrons. The highest BCUT2D eigenvalue weighted by molar-refractivity contribution is 7.92. The molecule has 36 heavy (non-hydrogen) atoms. The smallest absolute Gasteiger partial charge is 0.242 e. The number of amides is 2. The molecule has 0 saturated heterocycles. The number of hydrogen-bond acceptors (Lipinski definition) is 4. The molecular weight excluding hydrogens is 505 g/mol. The van der Waals surface area contributed by atoms with Crippen molar-refractivity contribution in [3.63, 3.8) is 0 Å². The van der Waals surface area contributed by atoms with E-state index in [1.165, 1.54) is 21.3 Å². The molecule has 1 atom stereocenters. The largest absolute Gasteiger partial charge is 0.354 e. The van der Waals surface area contributed by atoms with Crippen LogP contribution in [0.4, 0.5) is 10.1 Å². The Balaban J connectivity index is 2.18. The number of aryl methyl sites for hydroxylation is 1. The monoisotopic (exact) mass is 539 g/mol. The van der Waals surface area contributed by atoms with E-state index in [9.17, 15) is 22.4 Å². The summed E-state index contributed by atoms with van der Waals surface area (Å²) in [6.45, 7) is 8.06. The van der Waals surface area contributed by atoms with Crippen molar-refractivity contribution in [2.24, 2.45) is 5.92 Å². The Morgan fingerprint density at radius 2 is 1.72 bits per heavy atom. The molecule has 0 aliphatic rings. The van der Waals surface area contributed by atoms with E-state index in [2.05, 4.69) is 5.32 Å². The zero-order chi connectivity index (χ0) is 27.0. The molecule has 0 unspecified atom stereocenters. The lowest BCUT2D eigenvalue weighted by atomic mass is 10.1. The van der Waals surface area contributed by atoms with Crippen LogP contribution >= 0.6 is 11.6 Å². The molecule has 0 aliphatic carbocycles. The number of nitrogens with zero attached hydrogens (tertiary/aromatic N) is 2. The van der Waals surface area contributed by atoms with Gasteiger partial charge in [-0.05, 0) is 61.6 Å². The second kappa shape index (κ2) is 13.1. The third kappa shape index (κ3) is 8.78. The number of anilines is 1. The Kier molecular flexibility index (Phi) is 10.7. The Morgan fingerprint density at radius 1 is 1.08 bits per heavy atom. The molecule has 0 bridgehead atoms. The van der Waals surface area contributed by atoms with E-state index < -0.39 is 21.9 Å². The van der Waals surface area contributed by atoms with Crippen molar-refractivity contribution in [3.05, 3.63) is 64.4 Å². The van der Waals surface area contributed by atoms with Crippen LogP contribution < -0.4 is 9.62 Å². The summed E-state index contributed by atoms with van der Waals surface area (Å²) >= 11 is 6.09. The minimum Gasteiger partial charge on any atom is -0.354 e. The zero-order valence-electron chi connectivity index (χ0n) is 21.4. The number of carbonyl (C=O) groups is 2. The van der Waals surface area contributed by atoms with Gasteiger partial charge in [0.2, 0.25) is 21.8 Å². The second-order valence-electron chi connectivity index (χ2n) is 9.33. The molecule has 0 aromatic heterocycles. The lowest BCUT2D eigenvalue weighted by molar-refractivity contribution is -0.140. The van der Waals surface area contributed by atoms with Crippen LogP contribution in [0, 0.1) is 18.7 Å². The van der Waals surface area contributed by atoms with E-state index in [1.54, 1.807) is 44.2 Å². The fourth-order valence-electron chi connectivity index (χ4n) is 3.66. The average molecular weight is 540 g/mol. The van der Waals surface area contributed by atoms with Crippen LogP contribution in [0.2, 0.25) is 5.02 Å². The SMILES string of the molecule is Cc1ccc(Cl)cc1N(CCCC(=O)N(Cc1ccc(F)cc1)[C@@H](C)C(=O)NCC(C)C)S(C)(=O)=O. The highest BCUT2D eigenvalue weighted by Gasteiger charge is 2.27. The van der Waals surface area contributed by atoms with Gasteiger partial charge >= 0.3 is 0 Å². The maximum absolute atomic E-state index is 13.4. The van der Waals surface area contributed by atoms with Crippen molar-refractivity contribution in [2.75, 3.05) is 23.7 Å². The minimum absolute atomic E-state index is 0.0224. The highest BCUT2D eigenvalue weighted by atomic mass is 35.5. The molecule has 2 aromatic carbocycles. The molecule has 2 rings (SSSR count). The quantitative estimate of drug-likeness (QED) is 0.429. The first-order valence-corrected chi connectivity index (χ1v) is 14.1. The van der Waals surface area contributed by atoms with E-state index in [1.807, 2.05) is 13.8 Å². The molecule has 2 amide bonds. The van der Waals surface area contributed by atoms with Crippen LogP contribution in [0.15, 0.2) is 42.5 Å². The number of nitrogens with one attached hydrogen (secondary N) is 1. The Hall–Kier alpha value is -2.65. The van der Waals surface area contributed by atoms with Crippen molar-refractivity contribution in [2.45, 2.75) is 53.1 Å². The zero-order valence-corrected chi connectivity index (χ0v) is 23.0. The highest BCUT2D eigenvalue weighted by Crippen LogP contribution is 2.27. The van der Waals surface area contributed by atoms with Crippen LogP contribution in [0.1, 0.15) is 44.7 Å². The van der Waals surface area contributed by atoms with Gasteiger partial charge in [-0.1, -0.05) is 43.6 Å². The van der Waals surface area contributed by atoms with Gasteiger partial charge in [0.15, 0.2) is 0 Å². The van der Waals surface area contributed by atoms with Gasteiger partial charge in [0.1, 0.15) is 11.9 Å². The average Bonchev–Trinajstić information content (AvgIpc) is 2.80. The first kappa shape index (κ1) is 29.6. The molecular formula is C26H35ClFN3O4S. The van der Waals surface area contributed by atoms with Gasteiger partial charge in [-0.3, -0.25) is 13.9 Å². The third-order valence-electron chi connectivity index (χ3n) is 5.71. The lowest BCUT2D eigenvalue weighted by Gasteiger charge is -2.30.